The lowest BCUT2D eigenvalue weighted by molar-refractivity contribution is 0.204. The molecule has 1 fully saturated rings. The number of nitrogens with one attached hydrogen (secondary N) is 2. The maximum Gasteiger partial charge on any atom is 0.166 e. The standard InChI is InChI=1S/C12H24N2OS/c1-11(2)9(12(11,3)4)8-14-10(16)13-6-7-15-5/h9H,6-8H2,1-5H3,(H2,13,14,16). The quantitative estimate of drug-likeness (QED) is 0.570. The first-order valence-electron chi connectivity index (χ1n) is 5.84. The monoisotopic (exact) mass is 244 g/mol. The normalized spacial score (nSPS) is 21.6. The molecule has 0 aromatic carbocycles. The summed E-state index contributed by atoms with van der Waals surface area (Å²) in [4.78, 5) is 0. The molecule has 0 unspecified atom stereocenters. The first-order chi connectivity index (χ1) is 7.34. The fourth-order valence-electron chi connectivity index (χ4n) is 2.37. The van der Waals surface area contributed by atoms with Crippen LogP contribution >= 0.6 is 12.2 Å². The lowest BCUT2D eigenvalue weighted by Crippen LogP contribution is -2.38. The van der Waals surface area contributed by atoms with E-state index in [1.165, 1.54) is 0 Å². The summed E-state index contributed by atoms with van der Waals surface area (Å²) in [5.41, 5.74) is 0.838. The summed E-state index contributed by atoms with van der Waals surface area (Å²) in [7, 11) is 1.69. The Hall–Kier alpha value is -0.350. The van der Waals surface area contributed by atoms with E-state index in [1.54, 1.807) is 7.11 Å². The van der Waals surface area contributed by atoms with Crippen LogP contribution in [0.3, 0.4) is 0 Å². The van der Waals surface area contributed by atoms with Gasteiger partial charge in [-0.2, -0.15) is 0 Å². The Bertz CT molecular complexity index is 250. The van der Waals surface area contributed by atoms with Crippen molar-refractivity contribution in [2.45, 2.75) is 27.7 Å². The maximum atomic E-state index is 5.19. The smallest absolute Gasteiger partial charge is 0.166 e. The Kier molecular flexibility index (Phi) is 4.18. The molecule has 1 aliphatic rings. The third-order valence-corrected chi connectivity index (χ3v) is 4.67. The van der Waals surface area contributed by atoms with E-state index >= 15 is 0 Å². The molecule has 3 nitrogen and oxygen atoms in total. The van der Waals surface area contributed by atoms with E-state index in [0.717, 1.165) is 18.2 Å². The Morgan fingerprint density at radius 3 is 2.19 bits per heavy atom. The summed E-state index contributed by atoms with van der Waals surface area (Å²) in [6.45, 7) is 11.7. The van der Waals surface area contributed by atoms with Gasteiger partial charge in [-0.1, -0.05) is 27.7 Å². The summed E-state index contributed by atoms with van der Waals surface area (Å²) in [5.74, 6) is 0.696. The van der Waals surface area contributed by atoms with Crippen LogP contribution in [0.4, 0.5) is 0 Å². The molecule has 0 spiro atoms. The highest BCUT2D eigenvalue weighted by Crippen LogP contribution is 2.67. The zero-order chi connectivity index (χ0) is 12.4. The topological polar surface area (TPSA) is 33.3 Å². The molecular weight excluding hydrogens is 220 g/mol. The second kappa shape index (κ2) is 4.88. The minimum Gasteiger partial charge on any atom is -0.383 e. The van der Waals surface area contributed by atoms with E-state index in [-0.39, 0.29) is 0 Å². The van der Waals surface area contributed by atoms with Crippen molar-refractivity contribution in [1.29, 1.82) is 0 Å². The summed E-state index contributed by atoms with van der Waals surface area (Å²) in [5, 5.41) is 7.13. The van der Waals surface area contributed by atoms with Gasteiger partial charge in [0.15, 0.2) is 5.11 Å². The largest absolute Gasteiger partial charge is 0.383 e. The van der Waals surface area contributed by atoms with Gasteiger partial charge in [0.25, 0.3) is 0 Å². The van der Waals surface area contributed by atoms with E-state index in [4.69, 9.17) is 17.0 Å². The number of thiocarbonyl (C=S) groups is 1. The molecule has 0 amide bonds. The Morgan fingerprint density at radius 2 is 1.75 bits per heavy atom. The number of methoxy groups -OCH3 is 1. The molecule has 0 radical (unpaired) electrons. The van der Waals surface area contributed by atoms with Gasteiger partial charge in [-0.3, -0.25) is 0 Å². The first kappa shape index (κ1) is 13.7. The number of ether oxygens (including phenoxy) is 1. The van der Waals surface area contributed by atoms with Crippen molar-refractivity contribution in [3.05, 3.63) is 0 Å². The van der Waals surface area contributed by atoms with Gasteiger partial charge in [-0.15, -0.1) is 0 Å². The number of rotatable bonds is 5. The Morgan fingerprint density at radius 1 is 1.19 bits per heavy atom. The highest BCUT2D eigenvalue weighted by Gasteiger charge is 2.64. The lowest BCUT2D eigenvalue weighted by Gasteiger charge is -2.10. The lowest BCUT2D eigenvalue weighted by atomic mass is 10.0. The van der Waals surface area contributed by atoms with E-state index in [1.807, 2.05) is 0 Å². The Balaban J connectivity index is 2.19. The van der Waals surface area contributed by atoms with Gasteiger partial charge in [0.05, 0.1) is 6.61 Å². The molecule has 2 N–H and O–H groups in total. The van der Waals surface area contributed by atoms with Gasteiger partial charge in [0.2, 0.25) is 0 Å². The minimum absolute atomic E-state index is 0.419. The van der Waals surface area contributed by atoms with E-state index in [2.05, 4.69) is 38.3 Å². The third-order valence-electron chi connectivity index (χ3n) is 4.38. The SMILES string of the molecule is COCCNC(=S)NCC1C(C)(C)C1(C)C. The van der Waals surface area contributed by atoms with Crippen LogP contribution in [0.5, 0.6) is 0 Å². The predicted octanol–water partition coefficient (Wildman–Crippen LogP) is 1.78. The molecule has 0 atom stereocenters. The highest BCUT2D eigenvalue weighted by molar-refractivity contribution is 7.80. The van der Waals surface area contributed by atoms with Gasteiger partial charge in [0.1, 0.15) is 0 Å². The van der Waals surface area contributed by atoms with E-state index < -0.39 is 0 Å². The van der Waals surface area contributed by atoms with Crippen molar-refractivity contribution in [1.82, 2.24) is 10.6 Å². The van der Waals surface area contributed by atoms with Crippen LogP contribution in [0.1, 0.15) is 27.7 Å². The van der Waals surface area contributed by atoms with E-state index in [0.29, 0.717) is 23.4 Å². The van der Waals surface area contributed by atoms with Crippen LogP contribution in [-0.4, -0.2) is 31.9 Å². The third kappa shape index (κ3) is 2.66. The fraction of sp³-hybridized carbons (Fsp3) is 0.917. The van der Waals surface area contributed by atoms with E-state index in [9.17, 15) is 0 Å². The molecular formula is C12H24N2OS. The number of hydrogen-bond acceptors (Lipinski definition) is 2. The fourth-order valence-corrected chi connectivity index (χ4v) is 2.55. The zero-order valence-corrected chi connectivity index (χ0v) is 11.8. The summed E-state index contributed by atoms with van der Waals surface area (Å²) < 4.78 is 4.95. The molecule has 0 aliphatic heterocycles. The second-order valence-corrected chi connectivity index (χ2v) is 6.03. The average molecular weight is 244 g/mol. The van der Waals surface area contributed by atoms with Gasteiger partial charge in [0, 0.05) is 20.2 Å². The van der Waals surface area contributed by atoms with Crippen LogP contribution in [0, 0.1) is 16.7 Å². The minimum atomic E-state index is 0.419. The van der Waals surface area contributed by atoms with Crippen LogP contribution < -0.4 is 10.6 Å². The van der Waals surface area contributed by atoms with Gasteiger partial charge in [-0.25, -0.2) is 0 Å². The predicted molar refractivity (Wildman–Crippen MR) is 71.5 cm³/mol. The number of hydrogen-bond donors (Lipinski definition) is 2. The molecule has 1 rings (SSSR count). The molecule has 1 aliphatic carbocycles. The molecule has 0 aromatic heterocycles. The highest BCUT2D eigenvalue weighted by atomic mass is 32.1. The van der Waals surface area contributed by atoms with Crippen LogP contribution in [-0.2, 0) is 4.74 Å². The van der Waals surface area contributed by atoms with Gasteiger partial charge in [-0.05, 0) is 29.0 Å². The molecule has 16 heavy (non-hydrogen) atoms. The van der Waals surface area contributed by atoms with Crippen molar-refractivity contribution in [3.63, 3.8) is 0 Å². The Labute approximate surface area is 104 Å². The summed E-state index contributed by atoms with van der Waals surface area (Å²) in [6, 6.07) is 0. The molecule has 94 valence electrons. The maximum absolute atomic E-state index is 5.19. The molecule has 1 saturated carbocycles. The average Bonchev–Trinajstić information content (AvgIpc) is 2.55. The van der Waals surface area contributed by atoms with Crippen LogP contribution in [0.15, 0.2) is 0 Å². The van der Waals surface area contributed by atoms with Crippen molar-refractivity contribution >= 4 is 17.3 Å². The molecule has 4 heteroatoms. The molecule has 0 saturated heterocycles. The van der Waals surface area contributed by atoms with Crippen molar-refractivity contribution in [2.75, 3.05) is 26.8 Å². The summed E-state index contributed by atoms with van der Waals surface area (Å²) >= 11 is 5.19. The zero-order valence-electron chi connectivity index (χ0n) is 11.0. The van der Waals surface area contributed by atoms with Crippen LogP contribution in [0.2, 0.25) is 0 Å². The van der Waals surface area contributed by atoms with Crippen molar-refractivity contribution < 1.29 is 4.74 Å². The summed E-state index contributed by atoms with van der Waals surface area (Å²) in [6.07, 6.45) is 0. The van der Waals surface area contributed by atoms with Gasteiger partial charge < -0.3 is 15.4 Å². The van der Waals surface area contributed by atoms with Crippen LogP contribution in [0.25, 0.3) is 0 Å². The van der Waals surface area contributed by atoms with Gasteiger partial charge >= 0.3 is 0 Å². The molecule has 0 heterocycles. The second-order valence-electron chi connectivity index (χ2n) is 5.63. The molecule has 0 bridgehead atoms. The van der Waals surface area contributed by atoms with Crippen molar-refractivity contribution in [3.8, 4) is 0 Å². The first-order valence-corrected chi connectivity index (χ1v) is 6.25. The van der Waals surface area contributed by atoms with Crippen molar-refractivity contribution in [2.24, 2.45) is 16.7 Å². The molecule has 0 aromatic rings.